The molecule has 0 unspecified atom stereocenters. The molecule has 2 aromatic rings. The summed E-state index contributed by atoms with van der Waals surface area (Å²) in [4.78, 5) is 18.5. The molecule has 2 N–H and O–H groups in total. The van der Waals surface area contributed by atoms with Gasteiger partial charge in [-0.05, 0) is 37.0 Å². The number of aromatic amines is 1. The van der Waals surface area contributed by atoms with E-state index in [0.29, 0.717) is 21.9 Å². The SMILES string of the molecule is O=C(Cc1ccc(Cl)c(Cl)c1)Nc1nc(N2CCCCC2)n[nH]1. The van der Waals surface area contributed by atoms with E-state index in [0.717, 1.165) is 31.5 Å². The maximum Gasteiger partial charge on any atom is 0.246 e. The smallest absolute Gasteiger partial charge is 0.246 e. The highest BCUT2D eigenvalue weighted by molar-refractivity contribution is 6.42. The van der Waals surface area contributed by atoms with Gasteiger partial charge in [-0.25, -0.2) is 5.10 Å². The normalized spacial score (nSPS) is 14.8. The van der Waals surface area contributed by atoms with Crippen molar-refractivity contribution in [3.63, 3.8) is 0 Å². The first-order valence-corrected chi connectivity index (χ1v) is 8.28. The first-order chi connectivity index (χ1) is 11.1. The van der Waals surface area contributed by atoms with Crippen LogP contribution in [0.15, 0.2) is 18.2 Å². The van der Waals surface area contributed by atoms with E-state index in [9.17, 15) is 4.79 Å². The molecule has 0 spiro atoms. The lowest BCUT2D eigenvalue weighted by Gasteiger charge is -2.24. The number of nitrogens with one attached hydrogen (secondary N) is 2. The number of piperidine rings is 1. The van der Waals surface area contributed by atoms with Gasteiger partial charge >= 0.3 is 0 Å². The molecule has 0 saturated carbocycles. The molecule has 0 atom stereocenters. The molecule has 1 aromatic heterocycles. The van der Waals surface area contributed by atoms with E-state index in [1.807, 2.05) is 0 Å². The Balaban J connectivity index is 1.59. The Bertz CT molecular complexity index is 697. The standard InChI is InChI=1S/C15H17Cl2N5O/c16-11-5-4-10(8-12(11)17)9-13(23)18-14-19-15(21-20-14)22-6-2-1-3-7-22/h4-5,8H,1-3,6-7,9H2,(H2,18,19,20,21,23). The number of halogens is 2. The van der Waals surface area contributed by atoms with Crippen molar-refractivity contribution in [3.05, 3.63) is 33.8 Å². The van der Waals surface area contributed by atoms with Crippen molar-refractivity contribution >= 4 is 41.0 Å². The molecule has 0 bridgehead atoms. The van der Waals surface area contributed by atoms with Crippen LogP contribution in [0.25, 0.3) is 0 Å². The van der Waals surface area contributed by atoms with Crippen molar-refractivity contribution in [1.82, 2.24) is 15.2 Å². The minimum Gasteiger partial charge on any atom is -0.340 e. The second kappa shape index (κ2) is 7.19. The van der Waals surface area contributed by atoms with E-state index in [1.54, 1.807) is 18.2 Å². The topological polar surface area (TPSA) is 73.9 Å². The van der Waals surface area contributed by atoms with Crippen molar-refractivity contribution in [2.75, 3.05) is 23.3 Å². The van der Waals surface area contributed by atoms with Gasteiger partial charge in [-0.3, -0.25) is 10.1 Å². The first kappa shape index (κ1) is 16.1. The van der Waals surface area contributed by atoms with Crippen LogP contribution in [-0.4, -0.2) is 34.2 Å². The van der Waals surface area contributed by atoms with Gasteiger partial charge in [0.15, 0.2) is 0 Å². The molecule has 2 heterocycles. The number of hydrogen-bond acceptors (Lipinski definition) is 4. The molecule has 1 fully saturated rings. The predicted molar refractivity (Wildman–Crippen MR) is 91.2 cm³/mol. The lowest BCUT2D eigenvalue weighted by Crippen LogP contribution is -2.30. The van der Waals surface area contributed by atoms with Gasteiger partial charge in [0.05, 0.1) is 16.5 Å². The van der Waals surface area contributed by atoms with E-state index in [2.05, 4.69) is 25.4 Å². The summed E-state index contributed by atoms with van der Waals surface area (Å²) < 4.78 is 0. The van der Waals surface area contributed by atoms with Crippen LogP contribution >= 0.6 is 23.2 Å². The number of carbonyl (C=O) groups excluding carboxylic acids is 1. The third-order valence-corrected chi connectivity index (χ3v) is 4.46. The van der Waals surface area contributed by atoms with E-state index >= 15 is 0 Å². The summed E-state index contributed by atoms with van der Waals surface area (Å²) >= 11 is 11.8. The van der Waals surface area contributed by atoms with Gasteiger partial charge < -0.3 is 4.90 Å². The Hall–Kier alpha value is -1.79. The predicted octanol–water partition coefficient (Wildman–Crippen LogP) is 3.28. The van der Waals surface area contributed by atoms with Gasteiger partial charge in [-0.2, -0.15) is 4.98 Å². The molecule has 0 radical (unpaired) electrons. The molecular formula is C15H17Cl2N5O. The van der Waals surface area contributed by atoms with Gasteiger partial charge in [0.25, 0.3) is 0 Å². The Morgan fingerprint density at radius 3 is 2.74 bits per heavy atom. The van der Waals surface area contributed by atoms with Gasteiger partial charge in [0.1, 0.15) is 0 Å². The number of amides is 1. The minimum atomic E-state index is -0.190. The third kappa shape index (κ3) is 4.14. The first-order valence-electron chi connectivity index (χ1n) is 7.53. The largest absolute Gasteiger partial charge is 0.340 e. The third-order valence-electron chi connectivity index (χ3n) is 3.72. The summed E-state index contributed by atoms with van der Waals surface area (Å²) in [7, 11) is 0. The average Bonchev–Trinajstić information content (AvgIpc) is 3.00. The molecule has 1 aliphatic heterocycles. The molecule has 23 heavy (non-hydrogen) atoms. The highest BCUT2D eigenvalue weighted by Gasteiger charge is 2.16. The summed E-state index contributed by atoms with van der Waals surface area (Å²) in [6.07, 6.45) is 3.73. The van der Waals surface area contributed by atoms with Crippen molar-refractivity contribution in [2.45, 2.75) is 25.7 Å². The molecular weight excluding hydrogens is 337 g/mol. The van der Waals surface area contributed by atoms with Crippen LogP contribution in [0.5, 0.6) is 0 Å². The molecule has 1 aliphatic rings. The molecule has 6 nitrogen and oxygen atoms in total. The number of rotatable bonds is 4. The van der Waals surface area contributed by atoms with Crippen molar-refractivity contribution in [1.29, 1.82) is 0 Å². The molecule has 0 aliphatic carbocycles. The van der Waals surface area contributed by atoms with Gasteiger partial charge in [-0.1, -0.05) is 29.3 Å². The maximum absolute atomic E-state index is 12.1. The molecule has 8 heteroatoms. The lowest BCUT2D eigenvalue weighted by molar-refractivity contribution is -0.115. The van der Waals surface area contributed by atoms with Crippen LogP contribution in [0.4, 0.5) is 11.9 Å². The Labute approximate surface area is 144 Å². The van der Waals surface area contributed by atoms with E-state index in [-0.39, 0.29) is 12.3 Å². The number of anilines is 2. The zero-order valence-electron chi connectivity index (χ0n) is 12.5. The van der Waals surface area contributed by atoms with Crippen LogP contribution in [0.1, 0.15) is 24.8 Å². The molecule has 122 valence electrons. The van der Waals surface area contributed by atoms with Crippen molar-refractivity contribution < 1.29 is 4.79 Å². The fourth-order valence-electron chi connectivity index (χ4n) is 2.56. The second-order valence-corrected chi connectivity index (χ2v) is 6.32. The second-order valence-electron chi connectivity index (χ2n) is 5.51. The van der Waals surface area contributed by atoms with E-state index in [1.165, 1.54) is 6.42 Å². The molecule has 1 amide bonds. The molecule has 1 aromatic carbocycles. The number of aromatic nitrogens is 3. The maximum atomic E-state index is 12.1. The van der Waals surface area contributed by atoms with Gasteiger partial charge in [0.2, 0.25) is 17.8 Å². The van der Waals surface area contributed by atoms with Gasteiger partial charge in [0, 0.05) is 13.1 Å². The Morgan fingerprint density at radius 1 is 1.22 bits per heavy atom. The zero-order valence-corrected chi connectivity index (χ0v) is 14.0. The summed E-state index contributed by atoms with van der Waals surface area (Å²) in [5, 5.41) is 10.5. The summed E-state index contributed by atoms with van der Waals surface area (Å²) in [6.45, 7) is 1.91. The zero-order chi connectivity index (χ0) is 16.2. The Morgan fingerprint density at radius 2 is 2.00 bits per heavy atom. The molecule has 3 rings (SSSR count). The highest BCUT2D eigenvalue weighted by atomic mass is 35.5. The number of H-pyrrole nitrogens is 1. The lowest BCUT2D eigenvalue weighted by atomic mass is 10.1. The molecule has 1 saturated heterocycles. The number of nitrogens with zero attached hydrogens (tertiary/aromatic N) is 3. The fraction of sp³-hybridized carbons (Fsp3) is 0.400. The van der Waals surface area contributed by atoms with Crippen LogP contribution < -0.4 is 10.2 Å². The Kier molecular flexibility index (Phi) is 5.03. The monoisotopic (exact) mass is 353 g/mol. The van der Waals surface area contributed by atoms with Crippen molar-refractivity contribution in [3.8, 4) is 0 Å². The van der Waals surface area contributed by atoms with Gasteiger partial charge in [-0.15, -0.1) is 5.10 Å². The number of hydrogen-bond donors (Lipinski definition) is 2. The number of carbonyl (C=O) groups is 1. The summed E-state index contributed by atoms with van der Waals surface area (Å²) in [5.74, 6) is 0.801. The van der Waals surface area contributed by atoms with E-state index < -0.39 is 0 Å². The van der Waals surface area contributed by atoms with Crippen molar-refractivity contribution in [2.24, 2.45) is 0 Å². The van der Waals surface area contributed by atoms with Crippen LogP contribution in [-0.2, 0) is 11.2 Å². The van der Waals surface area contributed by atoms with E-state index in [4.69, 9.17) is 23.2 Å². The minimum absolute atomic E-state index is 0.190. The average molecular weight is 354 g/mol. The highest BCUT2D eigenvalue weighted by Crippen LogP contribution is 2.23. The summed E-state index contributed by atoms with van der Waals surface area (Å²) in [6, 6.07) is 5.13. The quantitative estimate of drug-likeness (QED) is 0.884. The van der Waals surface area contributed by atoms with Crippen LogP contribution in [0.3, 0.4) is 0 Å². The summed E-state index contributed by atoms with van der Waals surface area (Å²) in [5.41, 5.74) is 0.785. The fourth-order valence-corrected chi connectivity index (χ4v) is 2.88. The van der Waals surface area contributed by atoms with Crippen LogP contribution in [0.2, 0.25) is 10.0 Å². The number of benzene rings is 1. The van der Waals surface area contributed by atoms with Crippen LogP contribution in [0, 0.1) is 0 Å².